The maximum absolute atomic E-state index is 13.0. The molecule has 1 aliphatic heterocycles. The fraction of sp³-hybridized carbons (Fsp3) is 0.188. The monoisotopic (exact) mass is 560 g/mol. The topological polar surface area (TPSA) is 93.4 Å². The third-order valence-corrected chi connectivity index (χ3v) is 6.74. The minimum absolute atomic E-state index is 0.0915. The Bertz CT molecular complexity index is 1500. The predicted molar refractivity (Wildman–Crippen MR) is 153 cm³/mol. The summed E-state index contributed by atoms with van der Waals surface area (Å²) in [6, 6.07) is 26.5. The summed E-state index contributed by atoms with van der Waals surface area (Å²) in [7, 11) is 0. The minimum atomic E-state index is -4.43. The Kier molecular flexibility index (Phi) is 9.09. The van der Waals surface area contributed by atoms with Crippen molar-refractivity contribution >= 4 is 17.7 Å². The van der Waals surface area contributed by atoms with Crippen molar-refractivity contribution in [2.45, 2.75) is 32.1 Å². The van der Waals surface area contributed by atoms with Gasteiger partial charge in [0.1, 0.15) is 0 Å². The molecule has 3 N–H and O–H groups in total. The zero-order valence-electron chi connectivity index (χ0n) is 22.3. The quantitative estimate of drug-likeness (QED) is 0.262. The summed E-state index contributed by atoms with van der Waals surface area (Å²) in [5, 5.41) is 12.0. The van der Waals surface area contributed by atoms with Gasteiger partial charge in [-0.3, -0.25) is 4.79 Å². The number of hydrogen-bond acceptors (Lipinski definition) is 2. The number of fused-ring (bicyclic) bond motifs is 1. The van der Waals surface area contributed by atoms with E-state index in [1.165, 1.54) is 17.0 Å². The summed E-state index contributed by atoms with van der Waals surface area (Å²) in [6.07, 6.45) is -4.84. The number of anilines is 1. The van der Waals surface area contributed by atoms with E-state index in [2.05, 4.69) is 5.32 Å². The zero-order chi connectivity index (χ0) is 29.6. The Balaban J connectivity index is 0.000000367. The van der Waals surface area contributed by atoms with Gasteiger partial charge in [0.25, 0.3) is 5.91 Å². The average molecular weight is 561 g/mol. The number of benzene rings is 4. The molecule has 0 aliphatic carbocycles. The van der Waals surface area contributed by atoms with Crippen LogP contribution >= 0.6 is 0 Å². The van der Waals surface area contributed by atoms with Crippen LogP contribution in [-0.4, -0.2) is 28.6 Å². The molecule has 0 fully saturated rings. The molecular weight excluding hydrogens is 531 g/mol. The van der Waals surface area contributed by atoms with Crippen LogP contribution in [0.1, 0.15) is 45.6 Å². The highest BCUT2D eigenvalue weighted by Crippen LogP contribution is 2.32. The van der Waals surface area contributed by atoms with Gasteiger partial charge in [-0.2, -0.15) is 13.2 Å². The highest BCUT2D eigenvalue weighted by Gasteiger charge is 2.30. The summed E-state index contributed by atoms with van der Waals surface area (Å²) in [5.74, 6) is -0.386. The van der Waals surface area contributed by atoms with Crippen molar-refractivity contribution in [3.8, 4) is 11.1 Å². The molecule has 0 saturated carbocycles. The lowest BCUT2D eigenvalue weighted by molar-refractivity contribution is -0.137. The fourth-order valence-electron chi connectivity index (χ4n) is 4.51. The molecule has 41 heavy (non-hydrogen) atoms. The Morgan fingerprint density at radius 1 is 0.902 bits per heavy atom. The molecule has 4 aromatic rings. The molecule has 2 amide bonds. The molecule has 1 atom stereocenters. The SMILES string of the molecule is CC([NH-])c1ccccc1.O=C(Nc1ccc2c(c1)CCN(C(=O)O)C2)c1ccccc1-c1ccc(C(F)(F)F)cc1. The molecule has 0 bridgehead atoms. The standard InChI is InChI=1S/C24H19F3N2O3.C8H10N/c25-24(26,27)18-8-5-15(6-9-18)20-3-1-2-4-21(20)22(30)28-19-10-7-17-14-29(23(31)32)12-11-16(17)13-19;1-7(9)8-5-3-2-4-6-8/h1-10,13H,11-12,14H2,(H,28,30)(H,31,32);2-7,9H,1H3/q;-1. The van der Waals surface area contributed by atoms with Crippen molar-refractivity contribution in [1.82, 2.24) is 4.90 Å². The normalized spacial score (nSPS) is 13.3. The lowest BCUT2D eigenvalue weighted by atomic mass is 9.97. The number of carboxylic acid groups (broad SMARTS) is 1. The van der Waals surface area contributed by atoms with Crippen LogP contribution in [0.4, 0.5) is 23.7 Å². The molecule has 1 unspecified atom stereocenters. The molecule has 6 nitrogen and oxygen atoms in total. The van der Waals surface area contributed by atoms with Crippen molar-refractivity contribution in [3.63, 3.8) is 0 Å². The second-order valence-corrected chi connectivity index (χ2v) is 9.64. The maximum atomic E-state index is 13.0. The number of nitrogens with zero attached hydrogens (tertiary/aromatic N) is 1. The Morgan fingerprint density at radius 2 is 1.56 bits per heavy atom. The van der Waals surface area contributed by atoms with Crippen LogP contribution in [0.25, 0.3) is 16.9 Å². The van der Waals surface area contributed by atoms with Crippen molar-refractivity contribution < 1.29 is 27.9 Å². The van der Waals surface area contributed by atoms with Crippen LogP contribution in [0, 0.1) is 0 Å². The first-order valence-corrected chi connectivity index (χ1v) is 13.0. The lowest BCUT2D eigenvalue weighted by Gasteiger charge is -2.26. The first kappa shape index (κ1) is 29.4. The largest absolute Gasteiger partial charge is 0.671 e. The van der Waals surface area contributed by atoms with E-state index in [1.54, 1.807) is 36.4 Å². The molecule has 0 radical (unpaired) electrons. The van der Waals surface area contributed by atoms with Gasteiger partial charge in [0, 0.05) is 24.3 Å². The summed E-state index contributed by atoms with van der Waals surface area (Å²) in [6.45, 7) is 2.56. The van der Waals surface area contributed by atoms with Crippen LogP contribution in [0.15, 0.2) is 97.1 Å². The highest BCUT2D eigenvalue weighted by molar-refractivity contribution is 6.08. The molecular formula is C32H29F3N3O3-. The molecule has 4 aromatic carbocycles. The van der Waals surface area contributed by atoms with E-state index in [0.717, 1.165) is 28.8 Å². The van der Waals surface area contributed by atoms with E-state index < -0.39 is 17.8 Å². The lowest BCUT2D eigenvalue weighted by Crippen LogP contribution is -2.34. The molecule has 1 aliphatic rings. The third-order valence-electron chi connectivity index (χ3n) is 6.74. The Morgan fingerprint density at radius 3 is 2.17 bits per heavy atom. The molecule has 212 valence electrons. The minimum Gasteiger partial charge on any atom is -0.671 e. The van der Waals surface area contributed by atoms with Gasteiger partial charge >= 0.3 is 12.3 Å². The van der Waals surface area contributed by atoms with Gasteiger partial charge in [-0.15, -0.1) is 6.04 Å². The molecule has 9 heteroatoms. The molecule has 0 aromatic heterocycles. The van der Waals surface area contributed by atoms with Crippen molar-refractivity contribution in [1.29, 1.82) is 0 Å². The number of hydrogen-bond donors (Lipinski definition) is 2. The summed E-state index contributed by atoms with van der Waals surface area (Å²) in [5.41, 5.74) is 11.4. The van der Waals surface area contributed by atoms with Gasteiger partial charge in [0.15, 0.2) is 0 Å². The van der Waals surface area contributed by atoms with Gasteiger partial charge in [-0.05, 0) is 59.0 Å². The summed E-state index contributed by atoms with van der Waals surface area (Å²) in [4.78, 5) is 25.5. The van der Waals surface area contributed by atoms with Gasteiger partial charge in [0.05, 0.1) is 5.56 Å². The number of alkyl halides is 3. The zero-order valence-corrected chi connectivity index (χ0v) is 22.3. The van der Waals surface area contributed by atoms with E-state index in [4.69, 9.17) is 10.8 Å². The molecule has 0 saturated heterocycles. The highest BCUT2D eigenvalue weighted by atomic mass is 19.4. The van der Waals surface area contributed by atoms with E-state index >= 15 is 0 Å². The van der Waals surface area contributed by atoms with E-state index in [9.17, 15) is 22.8 Å². The van der Waals surface area contributed by atoms with E-state index in [1.807, 2.05) is 43.3 Å². The Labute approximate surface area is 236 Å². The van der Waals surface area contributed by atoms with Gasteiger partial charge in [-0.1, -0.05) is 79.2 Å². The summed E-state index contributed by atoms with van der Waals surface area (Å²) >= 11 is 0. The van der Waals surface area contributed by atoms with E-state index in [0.29, 0.717) is 41.9 Å². The molecule has 0 spiro atoms. The van der Waals surface area contributed by atoms with Gasteiger partial charge < -0.3 is 21.1 Å². The van der Waals surface area contributed by atoms with Crippen LogP contribution < -0.4 is 5.32 Å². The van der Waals surface area contributed by atoms with E-state index in [-0.39, 0.29) is 11.9 Å². The number of halogens is 3. The Hall–Kier alpha value is -4.63. The number of carbonyl (C=O) groups is 2. The number of nitrogens with one attached hydrogen (secondary N) is 2. The van der Waals surface area contributed by atoms with Crippen LogP contribution in [0.5, 0.6) is 0 Å². The average Bonchev–Trinajstić information content (AvgIpc) is 2.97. The van der Waals surface area contributed by atoms with Gasteiger partial charge in [0.2, 0.25) is 0 Å². The first-order valence-electron chi connectivity index (χ1n) is 13.0. The second-order valence-electron chi connectivity index (χ2n) is 9.64. The summed E-state index contributed by atoms with van der Waals surface area (Å²) < 4.78 is 38.6. The predicted octanol–water partition coefficient (Wildman–Crippen LogP) is 8.46. The first-order chi connectivity index (χ1) is 19.5. The van der Waals surface area contributed by atoms with Crippen LogP contribution in [0.2, 0.25) is 0 Å². The van der Waals surface area contributed by atoms with Crippen molar-refractivity contribution in [3.05, 3.63) is 131 Å². The molecule has 1 heterocycles. The number of rotatable bonds is 4. The number of amides is 2. The maximum Gasteiger partial charge on any atom is 0.416 e. The third kappa shape index (κ3) is 7.52. The van der Waals surface area contributed by atoms with Crippen molar-refractivity contribution in [2.75, 3.05) is 11.9 Å². The van der Waals surface area contributed by atoms with Crippen LogP contribution in [-0.2, 0) is 19.1 Å². The number of carbonyl (C=O) groups excluding carboxylic acids is 1. The fourth-order valence-corrected chi connectivity index (χ4v) is 4.51. The van der Waals surface area contributed by atoms with Crippen LogP contribution in [0.3, 0.4) is 0 Å². The van der Waals surface area contributed by atoms with Crippen molar-refractivity contribution in [2.24, 2.45) is 0 Å². The second kappa shape index (κ2) is 12.7. The smallest absolute Gasteiger partial charge is 0.416 e. The molecule has 5 rings (SSSR count). The van der Waals surface area contributed by atoms with Gasteiger partial charge in [-0.25, -0.2) is 4.79 Å².